The minimum Gasteiger partial charge on any atom is -0.399 e. The van der Waals surface area contributed by atoms with Gasteiger partial charge in [-0.05, 0) is 30.4 Å². The predicted molar refractivity (Wildman–Crippen MR) is 77.7 cm³/mol. The summed E-state index contributed by atoms with van der Waals surface area (Å²) in [6.07, 6.45) is 7.28. The zero-order chi connectivity index (χ0) is 12.8. The molecule has 0 fully saturated rings. The Bertz CT molecular complexity index is 459. The first kappa shape index (κ1) is 12.8. The van der Waals surface area contributed by atoms with Gasteiger partial charge in [-0.15, -0.1) is 5.92 Å². The van der Waals surface area contributed by atoms with Crippen molar-refractivity contribution in [3.63, 3.8) is 0 Å². The Morgan fingerprint density at radius 1 is 1.22 bits per heavy atom. The van der Waals surface area contributed by atoms with Gasteiger partial charge in [0.1, 0.15) is 0 Å². The first-order chi connectivity index (χ1) is 8.75. The van der Waals surface area contributed by atoms with E-state index in [1.165, 1.54) is 31.2 Å². The maximum Gasteiger partial charge on any atom is 0.0314 e. The van der Waals surface area contributed by atoms with Crippen LogP contribution in [0.5, 0.6) is 0 Å². The molecule has 0 spiro atoms. The summed E-state index contributed by atoms with van der Waals surface area (Å²) in [6.45, 7) is 3.75. The number of hydrogen-bond donors (Lipinski definition) is 1. The minimum atomic E-state index is 0.525. The van der Waals surface area contributed by atoms with Crippen LogP contribution in [0.2, 0.25) is 0 Å². The van der Waals surface area contributed by atoms with Gasteiger partial charge in [-0.3, -0.25) is 0 Å². The summed E-state index contributed by atoms with van der Waals surface area (Å²) in [6, 6.07) is 8.39. The molecule has 2 N–H and O–H groups in total. The van der Waals surface area contributed by atoms with E-state index in [-0.39, 0.29) is 0 Å². The second kappa shape index (κ2) is 6.31. The molecule has 0 heterocycles. The number of benzene rings is 1. The zero-order valence-corrected chi connectivity index (χ0v) is 10.9. The second-order valence-corrected chi connectivity index (χ2v) is 5.04. The van der Waals surface area contributed by atoms with Crippen molar-refractivity contribution in [1.82, 2.24) is 0 Å². The van der Waals surface area contributed by atoms with E-state index in [9.17, 15) is 0 Å². The summed E-state index contributed by atoms with van der Waals surface area (Å²) in [7, 11) is 0. The molecule has 1 aliphatic rings. The van der Waals surface area contributed by atoms with Crippen molar-refractivity contribution in [3.8, 4) is 11.8 Å². The summed E-state index contributed by atoms with van der Waals surface area (Å²) < 4.78 is 0. The molecule has 1 heteroatoms. The van der Waals surface area contributed by atoms with Gasteiger partial charge in [0.25, 0.3) is 0 Å². The summed E-state index contributed by atoms with van der Waals surface area (Å²) >= 11 is 0. The molecule has 0 amide bonds. The first-order valence-corrected chi connectivity index (χ1v) is 6.78. The number of rotatable bonds is 3. The van der Waals surface area contributed by atoms with Crippen LogP contribution in [-0.4, -0.2) is 0 Å². The first-order valence-electron chi connectivity index (χ1n) is 6.78. The van der Waals surface area contributed by atoms with Crippen LogP contribution in [0.4, 0.5) is 0 Å². The Kier molecular flexibility index (Phi) is 4.47. The largest absolute Gasteiger partial charge is 0.399 e. The van der Waals surface area contributed by atoms with Gasteiger partial charge in [-0.1, -0.05) is 49.6 Å². The fourth-order valence-corrected chi connectivity index (χ4v) is 2.36. The summed E-state index contributed by atoms with van der Waals surface area (Å²) in [5, 5.41) is 0. The van der Waals surface area contributed by atoms with Gasteiger partial charge < -0.3 is 5.73 Å². The Morgan fingerprint density at radius 3 is 2.72 bits per heavy atom. The highest BCUT2D eigenvalue weighted by atomic mass is 14.6. The molecule has 0 saturated carbocycles. The van der Waals surface area contributed by atoms with Crippen molar-refractivity contribution < 1.29 is 0 Å². The van der Waals surface area contributed by atoms with Crippen LogP contribution in [-0.2, 0) is 6.42 Å². The highest BCUT2D eigenvalue weighted by Crippen LogP contribution is 2.19. The molecule has 94 valence electrons. The standard InChI is InChI=1S/C17H21N/c1-14(18)17-11-9-16(10-12-17)13-15-7-5-3-2-4-6-8-15/h9-12,15H,1-5,7,13,18H2. The Morgan fingerprint density at radius 2 is 2.00 bits per heavy atom. The van der Waals surface area contributed by atoms with Gasteiger partial charge in [0, 0.05) is 18.0 Å². The van der Waals surface area contributed by atoms with E-state index in [1.807, 2.05) is 12.1 Å². The molecule has 0 aromatic heterocycles. The smallest absolute Gasteiger partial charge is 0.0314 e. The lowest BCUT2D eigenvalue weighted by Crippen LogP contribution is -2.04. The molecule has 0 aliphatic heterocycles. The van der Waals surface area contributed by atoms with Crippen molar-refractivity contribution in [2.24, 2.45) is 11.7 Å². The van der Waals surface area contributed by atoms with Gasteiger partial charge in [0.15, 0.2) is 0 Å². The Balaban J connectivity index is 2.01. The molecule has 1 aromatic rings. The van der Waals surface area contributed by atoms with Crippen molar-refractivity contribution in [2.75, 3.05) is 0 Å². The third kappa shape index (κ3) is 3.67. The molecule has 2 rings (SSSR count). The molecule has 1 aromatic carbocycles. The van der Waals surface area contributed by atoms with Crippen molar-refractivity contribution in [3.05, 3.63) is 42.0 Å². The van der Waals surface area contributed by atoms with Crippen LogP contribution in [0.1, 0.15) is 43.2 Å². The van der Waals surface area contributed by atoms with E-state index in [1.54, 1.807) is 0 Å². The minimum absolute atomic E-state index is 0.525. The van der Waals surface area contributed by atoms with Crippen LogP contribution in [0.15, 0.2) is 30.8 Å². The topological polar surface area (TPSA) is 26.0 Å². The van der Waals surface area contributed by atoms with E-state index >= 15 is 0 Å². The number of nitrogens with two attached hydrogens (primary N) is 1. The molecule has 1 aliphatic carbocycles. The lowest BCUT2D eigenvalue weighted by atomic mass is 9.92. The highest BCUT2D eigenvalue weighted by Gasteiger charge is 2.08. The fraction of sp³-hybridized carbons (Fsp3) is 0.412. The molecule has 0 radical (unpaired) electrons. The van der Waals surface area contributed by atoms with Gasteiger partial charge in [-0.2, -0.15) is 0 Å². The van der Waals surface area contributed by atoms with Crippen LogP contribution in [0, 0.1) is 17.8 Å². The fourth-order valence-electron chi connectivity index (χ4n) is 2.36. The van der Waals surface area contributed by atoms with Crippen LogP contribution in [0.25, 0.3) is 5.70 Å². The monoisotopic (exact) mass is 239 g/mol. The summed E-state index contributed by atoms with van der Waals surface area (Å²) in [5.74, 6) is 7.24. The average Bonchev–Trinajstić information content (AvgIpc) is 2.33. The summed E-state index contributed by atoms with van der Waals surface area (Å²) in [4.78, 5) is 0. The third-order valence-corrected chi connectivity index (χ3v) is 3.47. The van der Waals surface area contributed by atoms with Crippen molar-refractivity contribution in [2.45, 2.75) is 38.5 Å². The second-order valence-electron chi connectivity index (χ2n) is 5.04. The molecule has 18 heavy (non-hydrogen) atoms. The van der Waals surface area contributed by atoms with Gasteiger partial charge in [-0.25, -0.2) is 0 Å². The highest BCUT2D eigenvalue weighted by molar-refractivity contribution is 5.60. The van der Waals surface area contributed by atoms with Crippen molar-refractivity contribution >= 4 is 5.70 Å². The predicted octanol–water partition coefficient (Wildman–Crippen LogP) is 3.74. The maximum atomic E-state index is 5.67. The molecular weight excluding hydrogens is 218 g/mol. The normalized spacial score (nSPS) is 19.2. The summed E-state index contributed by atoms with van der Waals surface area (Å²) in [5.41, 5.74) is 8.66. The third-order valence-electron chi connectivity index (χ3n) is 3.47. The van der Waals surface area contributed by atoms with Gasteiger partial charge in [0.2, 0.25) is 0 Å². The molecule has 1 atom stereocenters. The zero-order valence-electron chi connectivity index (χ0n) is 10.9. The quantitative estimate of drug-likeness (QED) is 0.799. The molecule has 1 unspecified atom stereocenters. The molecule has 1 nitrogen and oxygen atoms in total. The van der Waals surface area contributed by atoms with E-state index in [2.05, 4.69) is 30.6 Å². The lowest BCUT2D eigenvalue weighted by molar-refractivity contribution is 0.537. The number of hydrogen-bond acceptors (Lipinski definition) is 1. The SMILES string of the molecule is C=C(N)c1ccc(CC2C#CCCCCC2)cc1. The van der Waals surface area contributed by atoms with Crippen LogP contribution >= 0.6 is 0 Å². The van der Waals surface area contributed by atoms with Gasteiger partial charge >= 0.3 is 0 Å². The van der Waals surface area contributed by atoms with Crippen molar-refractivity contribution in [1.29, 1.82) is 0 Å². The van der Waals surface area contributed by atoms with Gasteiger partial charge in [0.05, 0.1) is 0 Å². The van der Waals surface area contributed by atoms with E-state index in [0.29, 0.717) is 11.6 Å². The Hall–Kier alpha value is -1.68. The lowest BCUT2D eigenvalue weighted by Gasteiger charge is -2.13. The molecule has 0 saturated heterocycles. The maximum absolute atomic E-state index is 5.67. The molecular formula is C17H21N. The average molecular weight is 239 g/mol. The van der Waals surface area contributed by atoms with E-state index in [4.69, 9.17) is 5.73 Å². The van der Waals surface area contributed by atoms with E-state index in [0.717, 1.165) is 18.4 Å². The molecule has 0 bridgehead atoms. The Labute approximate surface area is 110 Å². The van der Waals surface area contributed by atoms with E-state index < -0.39 is 0 Å². The van der Waals surface area contributed by atoms with Crippen LogP contribution in [0.3, 0.4) is 0 Å². The van der Waals surface area contributed by atoms with Crippen LogP contribution < -0.4 is 5.73 Å².